The van der Waals surface area contributed by atoms with Crippen molar-refractivity contribution in [3.8, 4) is 0 Å². The van der Waals surface area contributed by atoms with E-state index in [0.29, 0.717) is 11.5 Å². The van der Waals surface area contributed by atoms with E-state index in [1.54, 1.807) is 0 Å². The maximum Gasteiger partial charge on any atom is 0.263 e. The molecule has 1 fully saturated rings. The number of benzene rings is 2. The van der Waals surface area contributed by atoms with Crippen LogP contribution in [0.15, 0.2) is 53.4 Å². The summed E-state index contributed by atoms with van der Waals surface area (Å²) in [5, 5.41) is -0.118. The topological polar surface area (TPSA) is 17.1 Å². The van der Waals surface area contributed by atoms with Crippen molar-refractivity contribution < 1.29 is 13.6 Å². The lowest BCUT2D eigenvalue weighted by Crippen LogP contribution is -2.13. The molecule has 0 amide bonds. The molecular weight excluding hydrogens is 410 g/mol. The highest BCUT2D eigenvalue weighted by Crippen LogP contribution is 2.38. The van der Waals surface area contributed by atoms with Crippen LogP contribution >= 0.6 is 11.8 Å². The van der Waals surface area contributed by atoms with Crippen molar-refractivity contribution >= 4 is 16.9 Å². The Morgan fingerprint density at radius 1 is 0.903 bits per heavy atom. The molecule has 0 aromatic heterocycles. The first kappa shape index (κ1) is 24.0. The van der Waals surface area contributed by atoms with E-state index in [9.17, 15) is 13.6 Å². The molecule has 4 heteroatoms. The molecule has 0 N–H and O–H groups in total. The summed E-state index contributed by atoms with van der Waals surface area (Å²) in [6.07, 6.45) is 10.9. The third kappa shape index (κ3) is 7.45. The average Bonchev–Trinajstić information content (AvgIpc) is 2.80. The predicted molar refractivity (Wildman–Crippen MR) is 126 cm³/mol. The van der Waals surface area contributed by atoms with E-state index in [4.69, 9.17) is 0 Å². The molecule has 1 aliphatic carbocycles. The molecule has 0 aliphatic heterocycles. The lowest BCUT2D eigenvalue weighted by atomic mass is 9.77. The minimum Gasteiger partial charge on any atom is -0.281 e. The monoisotopic (exact) mass is 444 g/mol. The van der Waals surface area contributed by atoms with E-state index in [2.05, 4.69) is 19.1 Å². The van der Waals surface area contributed by atoms with Crippen molar-refractivity contribution in [2.45, 2.75) is 88.4 Å². The van der Waals surface area contributed by atoms with E-state index in [1.165, 1.54) is 94.0 Å². The molecule has 0 radical (unpaired) electrons. The summed E-state index contributed by atoms with van der Waals surface area (Å²) >= 11 is 1.15. The number of rotatable bonds is 10. The van der Waals surface area contributed by atoms with Crippen molar-refractivity contribution in [1.29, 1.82) is 0 Å². The fourth-order valence-electron chi connectivity index (χ4n) is 4.56. The quantitative estimate of drug-likeness (QED) is 0.268. The highest BCUT2D eigenvalue weighted by molar-refractivity contribution is 8.14. The zero-order chi connectivity index (χ0) is 22.1. The van der Waals surface area contributed by atoms with E-state index < -0.39 is 6.43 Å². The van der Waals surface area contributed by atoms with Gasteiger partial charge in [0.2, 0.25) is 5.12 Å². The van der Waals surface area contributed by atoms with Crippen LogP contribution in [0.2, 0.25) is 0 Å². The van der Waals surface area contributed by atoms with Gasteiger partial charge in [0.25, 0.3) is 6.43 Å². The second-order valence-corrected chi connectivity index (χ2v) is 9.85. The fourth-order valence-corrected chi connectivity index (χ4v) is 5.30. The summed E-state index contributed by atoms with van der Waals surface area (Å²) in [5.41, 5.74) is 1.77. The van der Waals surface area contributed by atoms with Gasteiger partial charge in [0.05, 0.1) is 0 Å². The SMILES string of the molecule is CCCCCCCC1CCC(c2ccc(SC(=O)c3ccc(C(F)F)cc3)cc2)CC1. The van der Waals surface area contributed by atoms with Gasteiger partial charge in [0, 0.05) is 16.0 Å². The van der Waals surface area contributed by atoms with Gasteiger partial charge < -0.3 is 0 Å². The number of hydrogen-bond acceptors (Lipinski definition) is 2. The number of carbonyl (C=O) groups excluding carboxylic acids is 1. The van der Waals surface area contributed by atoms with Gasteiger partial charge in [-0.2, -0.15) is 0 Å². The molecule has 0 saturated heterocycles. The molecular formula is C27H34F2OS. The standard InChI is InChI=1S/C27H34F2OS/c1-2-3-4-5-6-7-20-8-10-21(11-9-20)22-16-18-25(19-17-22)31-27(30)24-14-12-23(13-15-24)26(28)29/h12-21,26H,2-11H2,1H3. The smallest absolute Gasteiger partial charge is 0.263 e. The number of thioether (sulfide) groups is 1. The number of halogens is 2. The summed E-state index contributed by atoms with van der Waals surface area (Å²) in [4.78, 5) is 13.3. The van der Waals surface area contributed by atoms with Gasteiger partial charge in [-0.05, 0) is 67.0 Å². The van der Waals surface area contributed by atoms with Crippen LogP contribution in [0.4, 0.5) is 8.78 Å². The molecule has 0 unspecified atom stereocenters. The maximum absolute atomic E-state index is 12.7. The zero-order valence-electron chi connectivity index (χ0n) is 18.5. The Morgan fingerprint density at radius 3 is 2.16 bits per heavy atom. The summed E-state index contributed by atoms with van der Waals surface area (Å²) in [7, 11) is 0. The molecule has 1 nitrogen and oxygen atoms in total. The van der Waals surface area contributed by atoms with Crippen LogP contribution in [0.25, 0.3) is 0 Å². The summed E-state index contributed by atoms with van der Waals surface area (Å²) in [6, 6.07) is 14.0. The Labute approximate surface area is 190 Å². The second kappa shape index (κ2) is 12.4. The van der Waals surface area contributed by atoms with E-state index in [0.717, 1.165) is 22.6 Å². The zero-order valence-corrected chi connectivity index (χ0v) is 19.3. The third-order valence-electron chi connectivity index (χ3n) is 6.52. The molecule has 3 rings (SSSR count). The highest BCUT2D eigenvalue weighted by Gasteiger charge is 2.22. The van der Waals surface area contributed by atoms with Gasteiger partial charge in [-0.3, -0.25) is 4.79 Å². The number of carbonyl (C=O) groups is 1. The van der Waals surface area contributed by atoms with E-state index in [1.807, 2.05) is 12.1 Å². The Balaban J connectivity index is 1.44. The van der Waals surface area contributed by atoms with Gasteiger partial charge in [-0.15, -0.1) is 0 Å². The average molecular weight is 445 g/mol. The van der Waals surface area contributed by atoms with Crippen LogP contribution in [-0.4, -0.2) is 5.12 Å². The van der Waals surface area contributed by atoms with Crippen molar-refractivity contribution in [3.63, 3.8) is 0 Å². The summed E-state index contributed by atoms with van der Waals surface area (Å²) in [6.45, 7) is 2.26. The van der Waals surface area contributed by atoms with Crippen molar-refractivity contribution in [2.24, 2.45) is 5.92 Å². The molecule has 0 heterocycles. The van der Waals surface area contributed by atoms with Crippen LogP contribution in [0.5, 0.6) is 0 Å². The number of alkyl halides is 2. The van der Waals surface area contributed by atoms with E-state index in [-0.39, 0.29) is 10.7 Å². The summed E-state index contributed by atoms with van der Waals surface area (Å²) in [5.74, 6) is 1.54. The minimum atomic E-state index is -2.51. The van der Waals surface area contributed by atoms with Crippen LogP contribution < -0.4 is 0 Å². The molecule has 1 saturated carbocycles. The lowest BCUT2D eigenvalue weighted by molar-refractivity contribution is 0.108. The first-order valence-corrected chi connectivity index (χ1v) is 12.6. The highest BCUT2D eigenvalue weighted by atomic mass is 32.2. The van der Waals surface area contributed by atoms with Crippen molar-refractivity contribution in [2.75, 3.05) is 0 Å². The number of hydrogen-bond donors (Lipinski definition) is 0. The van der Waals surface area contributed by atoms with Crippen LogP contribution in [-0.2, 0) is 0 Å². The molecule has 0 bridgehead atoms. The second-order valence-electron chi connectivity index (χ2n) is 8.80. The van der Waals surface area contributed by atoms with Crippen molar-refractivity contribution in [3.05, 3.63) is 65.2 Å². The summed E-state index contributed by atoms with van der Waals surface area (Å²) < 4.78 is 25.3. The van der Waals surface area contributed by atoms with Crippen molar-refractivity contribution in [1.82, 2.24) is 0 Å². The Bertz CT molecular complexity index is 793. The molecule has 0 atom stereocenters. The molecule has 2 aromatic carbocycles. The van der Waals surface area contributed by atoms with Gasteiger partial charge in [0.15, 0.2) is 0 Å². The molecule has 31 heavy (non-hydrogen) atoms. The first-order chi connectivity index (χ1) is 15.1. The molecule has 168 valence electrons. The van der Waals surface area contributed by atoms with E-state index >= 15 is 0 Å². The first-order valence-electron chi connectivity index (χ1n) is 11.8. The third-order valence-corrected chi connectivity index (χ3v) is 7.45. The largest absolute Gasteiger partial charge is 0.281 e. The minimum absolute atomic E-state index is 0.0582. The normalized spacial score (nSPS) is 19.0. The van der Waals surface area contributed by atoms with Gasteiger partial charge >= 0.3 is 0 Å². The molecule has 2 aromatic rings. The maximum atomic E-state index is 12.7. The fraction of sp³-hybridized carbons (Fsp3) is 0.519. The lowest BCUT2D eigenvalue weighted by Gasteiger charge is -2.29. The number of unbranched alkanes of at least 4 members (excludes halogenated alkanes) is 4. The Hall–Kier alpha value is -1.68. The van der Waals surface area contributed by atoms with Crippen LogP contribution in [0.1, 0.15) is 105 Å². The predicted octanol–water partition coefficient (Wildman–Crippen LogP) is 9.19. The van der Waals surface area contributed by atoms with Gasteiger partial charge in [-0.1, -0.05) is 81.8 Å². The van der Waals surface area contributed by atoms with Crippen LogP contribution in [0.3, 0.4) is 0 Å². The van der Waals surface area contributed by atoms with Gasteiger partial charge in [-0.25, -0.2) is 8.78 Å². The van der Waals surface area contributed by atoms with Crippen LogP contribution in [0, 0.1) is 5.92 Å². The Morgan fingerprint density at radius 2 is 1.55 bits per heavy atom. The Kier molecular flexibility index (Phi) is 9.57. The molecule has 0 spiro atoms. The molecule has 1 aliphatic rings. The van der Waals surface area contributed by atoms with Gasteiger partial charge in [0.1, 0.15) is 0 Å².